The van der Waals surface area contributed by atoms with Crippen LogP contribution in [0.4, 0.5) is 5.69 Å². The van der Waals surface area contributed by atoms with Gasteiger partial charge in [-0.15, -0.1) is 0 Å². The molecule has 1 spiro atoms. The fourth-order valence-electron chi connectivity index (χ4n) is 4.50. The summed E-state index contributed by atoms with van der Waals surface area (Å²) in [5, 5.41) is 0. The Morgan fingerprint density at radius 2 is 1.53 bits per heavy atom. The van der Waals surface area contributed by atoms with E-state index in [1.54, 1.807) is 0 Å². The topological polar surface area (TPSA) is 46.6 Å². The summed E-state index contributed by atoms with van der Waals surface area (Å²) in [7, 11) is 0. The molecule has 0 radical (unpaired) electrons. The number of benzene rings is 3. The van der Waals surface area contributed by atoms with Crippen LogP contribution in [0.1, 0.15) is 42.0 Å². The Kier molecular flexibility index (Phi) is 4.62. The number of ether oxygens (including phenoxy) is 1. The number of rotatable bonds is 5. The minimum atomic E-state index is -0.434. The zero-order valence-electron chi connectivity index (χ0n) is 16.7. The van der Waals surface area contributed by atoms with Crippen molar-refractivity contribution >= 4 is 17.6 Å². The summed E-state index contributed by atoms with van der Waals surface area (Å²) < 4.78 is 5.56. The second kappa shape index (κ2) is 7.45. The molecule has 1 amide bonds. The van der Waals surface area contributed by atoms with Gasteiger partial charge in [-0.1, -0.05) is 72.8 Å². The Balaban J connectivity index is 1.47. The molecule has 1 saturated carbocycles. The Bertz CT molecular complexity index is 1070. The zero-order valence-corrected chi connectivity index (χ0v) is 16.7. The van der Waals surface area contributed by atoms with E-state index in [1.807, 2.05) is 89.8 Å². The summed E-state index contributed by atoms with van der Waals surface area (Å²) in [5.74, 6) is -0.215. The van der Waals surface area contributed by atoms with Gasteiger partial charge in [0.15, 0.2) is 0 Å². The molecule has 1 atom stereocenters. The summed E-state index contributed by atoms with van der Waals surface area (Å²) in [5.41, 5.74) is 3.46. The molecular weight excluding hydrogens is 374 g/mol. The average Bonchev–Trinajstić information content (AvgIpc) is 3.60. The maximum atomic E-state index is 13.6. The lowest BCUT2D eigenvalue weighted by Gasteiger charge is -2.41. The largest absolute Gasteiger partial charge is 0.461 e. The molecule has 1 heterocycles. The summed E-state index contributed by atoms with van der Waals surface area (Å²) in [6.07, 6.45) is 1.84. The standard InChI is InChI=1S/C26H23NO3/c28-24(30-18-19-9-3-1-4-10-19)17-23-21-13-7-8-14-22(21)26(15-16-26)25(29)27(23)20-11-5-2-6-12-20/h1-14,23H,15-18H2. The number of amides is 1. The second-order valence-electron chi connectivity index (χ2n) is 8.05. The van der Waals surface area contributed by atoms with Crippen molar-refractivity contribution in [1.82, 2.24) is 0 Å². The zero-order chi connectivity index (χ0) is 20.6. The van der Waals surface area contributed by atoms with Gasteiger partial charge in [-0.3, -0.25) is 9.59 Å². The van der Waals surface area contributed by atoms with E-state index in [4.69, 9.17) is 4.74 Å². The third-order valence-electron chi connectivity index (χ3n) is 6.16. The van der Waals surface area contributed by atoms with Crippen LogP contribution in [0.25, 0.3) is 0 Å². The number of fused-ring (bicyclic) bond motifs is 2. The number of nitrogens with zero attached hydrogens (tertiary/aromatic N) is 1. The van der Waals surface area contributed by atoms with Crippen LogP contribution in [0.3, 0.4) is 0 Å². The molecule has 0 saturated heterocycles. The lowest BCUT2D eigenvalue weighted by atomic mass is 9.81. The van der Waals surface area contributed by atoms with Gasteiger partial charge in [0.1, 0.15) is 6.61 Å². The van der Waals surface area contributed by atoms with Gasteiger partial charge in [-0.25, -0.2) is 0 Å². The van der Waals surface area contributed by atoms with Gasteiger partial charge in [0.25, 0.3) is 0 Å². The van der Waals surface area contributed by atoms with Gasteiger partial charge in [0.05, 0.1) is 17.9 Å². The molecule has 4 nitrogen and oxygen atoms in total. The first-order valence-electron chi connectivity index (χ1n) is 10.4. The SMILES string of the molecule is O=C(CC1c2ccccc2C2(CC2)C(=O)N1c1ccccc1)OCc1ccccc1. The highest BCUT2D eigenvalue weighted by molar-refractivity contribution is 6.06. The molecule has 0 bridgehead atoms. The third-order valence-corrected chi connectivity index (χ3v) is 6.16. The van der Waals surface area contributed by atoms with Gasteiger partial charge in [-0.2, -0.15) is 0 Å². The molecule has 0 aromatic heterocycles. The summed E-state index contributed by atoms with van der Waals surface area (Å²) in [6.45, 7) is 0.233. The molecule has 1 aliphatic heterocycles. The van der Waals surface area contributed by atoms with Crippen molar-refractivity contribution in [3.63, 3.8) is 0 Å². The van der Waals surface area contributed by atoms with Crippen LogP contribution in [0.5, 0.6) is 0 Å². The van der Waals surface area contributed by atoms with E-state index in [1.165, 1.54) is 0 Å². The predicted octanol–water partition coefficient (Wildman–Crippen LogP) is 4.94. The number of carbonyl (C=O) groups excluding carboxylic acids is 2. The second-order valence-corrected chi connectivity index (χ2v) is 8.05. The van der Waals surface area contributed by atoms with E-state index >= 15 is 0 Å². The van der Waals surface area contributed by atoms with Gasteiger partial charge in [-0.05, 0) is 41.7 Å². The Morgan fingerprint density at radius 1 is 0.900 bits per heavy atom. The number of para-hydroxylation sites is 1. The van der Waals surface area contributed by atoms with Crippen molar-refractivity contribution in [2.45, 2.75) is 37.3 Å². The molecule has 5 rings (SSSR count). The Hall–Kier alpha value is -3.40. The molecule has 1 fully saturated rings. The van der Waals surface area contributed by atoms with Crippen LogP contribution in [0.2, 0.25) is 0 Å². The number of carbonyl (C=O) groups is 2. The number of anilines is 1. The third kappa shape index (κ3) is 3.18. The molecule has 4 heteroatoms. The molecular formula is C26H23NO3. The van der Waals surface area contributed by atoms with Crippen molar-refractivity contribution < 1.29 is 14.3 Å². The Labute approximate surface area is 176 Å². The molecule has 30 heavy (non-hydrogen) atoms. The minimum Gasteiger partial charge on any atom is -0.461 e. The van der Waals surface area contributed by atoms with E-state index < -0.39 is 5.41 Å². The molecule has 0 N–H and O–H groups in total. The molecule has 2 aliphatic rings. The summed E-state index contributed by atoms with van der Waals surface area (Å²) >= 11 is 0. The van der Waals surface area contributed by atoms with Gasteiger partial charge >= 0.3 is 5.97 Å². The maximum absolute atomic E-state index is 13.6. The smallest absolute Gasteiger partial charge is 0.308 e. The van der Waals surface area contributed by atoms with Crippen molar-refractivity contribution in [2.24, 2.45) is 0 Å². The van der Waals surface area contributed by atoms with Crippen LogP contribution in [0.15, 0.2) is 84.9 Å². The van der Waals surface area contributed by atoms with E-state index in [2.05, 4.69) is 0 Å². The van der Waals surface area contributed by atoms with Crippen molar-refractivity contribution in [2.75, 3.05) is 4.90 Å². The highest BCUT2D eigenvalue weighted by atomic mass is 16.5. The lowest BCUT2D eigenvalue weighted by Crippen LogP contribution is -2.47. The molecule has 1 unspecified atom stereocenters. The minimum absolute atomic E-state index is 0.0910. The fourth-order valence-corrected chi connectivity index (χ4v) is 4.50. The number of hydrogen-bond donors (Lipinski definition) is 0. The first kappa shape index (κ1) is 18.6. The molecule has 3 aromatic carbocycles. The van der Waals surface area contributed by atoms with Crippen LogP contribution >= 0.6 is 0 Å². The van der Waals surface area contributed by atoms with Crippen LogP contribution < -0.4 is 4.90 Å². The summed E-state index contributed by atoms with van der Waals surface area (Å²) in [6, 6.07) is 27.0. The monoisotopic (exact) mass is 397 g/mol. The molecule has 3 aromatic rings. The van der Waals surface area contributed by atoms with Crippen LogP contribution in [-0.2, 0) is 26.3 Å². The van der Waals surface area contributed by atoms with E-state index in [0.717, 1.165) is 35.2 Å². The van der Waals surface area contributed by atoms with E-state index in [0.29, 0.717) is 0 Å². The average molecular weight is 397 g/mol. The number of esters is 1. The van der Waals surface area contributed by atoms with Gasteiger partial charge in [0, 0.05) is 5.69 Å². The lowest BCUT2D eigenvalue weighted by molar-refractivity contribution is -0.145. The Morgan fingerprint density at radius 3 is 2.23 bits per heavy atom. The van der Waals surface area contributed by atoms with Crippen molar-refractivity contribution in [3.05, 3.63) is 102 Å². The van der Waals surface area contributed by atoms with Crippen LogP contribution in [0, 0.1) is 0 Å². The normalized spacial score (nSPS) is 18.7. The quantitative estimate of drug-likeness (QED) is 0.573. The molecule has 150 valence electrons. The predicted molar refractivity (Wildman–Crippen MR) is 115 cm³/mol. The van der Waals surface area contributed by atoms with E-state index in [-0.39, 0.29) is 30.9 Å². The van der Waals surface area contributed by atoms with Crippen LogP contribution in [-0.4, -0.2) is 11.9 Å². The highest BCUT2D eigenvalue weighted by Crippen LogP contribution is 2.56. The van der Waals surface area contributed by atoms with Crippen molar-refractivity contribution in [3.8, 4) is 0 Å². The first-order valence-corrected chi connectivity index (χ1v) is 10.4. The van der Waals surface area contributed by atoms with E-state index in [9.17, 15) is 9.59 Å². The van der Waals surface area contributed by atoms with Crippen molar-refractivity contribution in [1.29, 1.82) is 0 Å². The summed E-state index contributed by atoms with van der Waals surface area (Å²) in [4.78, 5) is 28.2. The number of hydrogen-bond acceptors (Lipinski definition) is 3. The van der Waals surface area contributed by atoms with Gasteiger partial charge < -0.3 is 9.64 Å². The first-order chi connectivity index (χ1) is 14.7. The molecule has 1 aliphatic carbocycles. The highest BCUT2D eigenvalue weighted by Gasteiger charge is 2.58. The van der Waals surface area contributed by atoms with Gasteiger partial charge in [0.2, 0.25) is 5.91 Å². The fraction of sp³-hybridized carbons (Fsp3) is 0.231. The maximum Gasteiger partial charge on any atom is 0.308 e.